The fourth-order valence-electron chi connectivity index (χ4n) is 12.6. The van der Waals surface area contributed by atoms with Gasteiger partial charge < -0.3 is 8.98 Å². The van der Waals surface area contributed by atoms with Gasteiger partial charge in [0.1, 0.15) is 11.2 Å². The van der Waals surface area contributed by atoms with Crippen LogP contribution in [0, 0.1) is 5.92 Å². The Kier molecular flexibility index (Phi) is 9.69. The van der Waals surface area contributed by atoms with Gasteiger partial charge in [0.2, 0.25) is 0 Å². The van der Waals surface area contributed by atoms with Crippen LogP contribution >= 0.6 is 11.3 Å². The molecule has 0 radical (unpaired) electrons. The first-order chi connectivity index (χ1) is 35.7. The summed E-state index contributed by atoms with van der Waals surface area (Å²) in [6, 6.07) is 71.4. The maximum absolute atomic E-state index is 6.79. The molecule has 0 fully saturated rings. The zero-order chi connectivity index (χ0) is 47.3. The molecule has 72 heavy (non-hydrogen) atoms. The predicted molar refractivity (Wildman–Crippen MR) is 303 cm³/mol. The van der Waals surface area contributed by atoms with Gasteiger partial charge in [-0.15, -0.1) is 11.3 Å². The monoisotopic (exact) mass is 943 g/mol. The van der Waals surface area contributed by atoms with Gasteiger partial charge in [0, 0.05) is 59.6 Å². The van der Waals surface area contributed by atoms with Gasteiger partial charge in [0.05, 0.1) is 17.1 Å². The molecule has 4 nitrogen and oxygen atoms in total. The largest absolute Gasteiger partial charge is 0.456 e. The van der Waals surface area contributed by atoms with Crippen molar-refractivity contribution in [3.8, 4) is 16.8 Å². The number of aryl methyl sites for hydroxylation is 1. The van der Waals surface area contributed by atoms with Crippen molar-refractivity contribution in [1.82, 2.24) is 4.57 Å². The maximum atomic E-state index is 6.79. The summed E-state index contributed by atoms with van der Waals surface area (Å²) in [6.45, 7) is 0. The van der Waals surface area contributed by atoms with Crippen LogP contribution < -0.4 is 9.75 Å². The van der Waals surface area contributed by atoms with E-state index in [-0.39, 0.29) is 17.9 Å². The summed E-state index contributed by atoms with van der Waals surface area (Å²) in [5, 5.41) is 9.99. The minimum absolute atomic E-state index is 0.0608. The van der Waals surface area contributed by atoms with Gasteiger partial charge in [-0.3, -0.25) is 4.99 Å². The Morgan fingerprint density at radius 2 is 1.31 bits per heavy atom. The zero-order valence-electron chi connectivity index (χ0n) is 39.8. The maximum Gasteiger partial charge on any atom is 0.155 e. The number of aromatic nitrogens is 1. The molecule has 9 aromatic carbocycles. The summed E-state index contributed by atoms with van der Waals surface area (Å²) >= 11 is 1.90. The van der Waals surface area contributed by atoms with E-state index in [1.54, 1.807) is 0 Å². The molecule has 3 aliphatic rings. The molecule has 0 saturated heterocycles. The van der Waals surface area contributed by atoms with Crippen LogP contribution in [0.5, 0.6) is 0 Å². The van der Waals surface area contributed by atoms with Gasteiger partial charge in [-0.25, -0.2) is 4.99 Å². The number of para-hydroxylation sites is 3. The summed E-state index contributed by atoms with van der Waals surface area (Å²) < 4.78 is 11.9. The number of thiophene rings is 1. The summed E-state index contributed by atoms with van der Waals surface area (Å²) in [5.41, 5.74) is 15.5. The van der Waals surface area contributed by atoms with Gasteiger partial charge in [-0.1, -0.05) is 146 Å². The summed E-state index contributed by atoms with van der Waals surface area (Å²) in [6.07, 6.45) is 10.6. The van der Waals surface area contributed by atoms with Gasteiger partial charge in [-0.2, -0.15) is 0 Å². The minimum atomic E-state index is -0.104. The highest BCUT2D eigenvalue weighted by molar-refractivity contribution is 7.17. The van der Waals surface area contributed by atoms with Crippen molar-refractivity contribution in [1.29, 1.82) is 0 Å². The Balaban J connectivity index is 0.958. The van der Waals surface area contributed by atoms with Crippen molar-refractivity contribution < 1.29 is 4.42 Å². The highest BCUT2D eigenvalue weighted by atomic mass is 32.1. The van der Waals surface area contributed by atoms with Crippen molar-refractivity contribution in [3.63, 3.8) is 0 Å². The lowest BCUT2D eigenvalue weighted by Crippen LogP contribution is -2.28. The van der Waals surface area contributed by atoms with Crippen LogP contribution in [0.2, 0.25) is 0 Å². The summed E-state index contributed by atoms with van der Waals surface area (Å²) in [4.78, 5) is 12.0. The zero-order valence-corrected chi connectivity index (χ0v) is 40.6. The first-order valence-electron chi connectivity index (χ1n) is 25.7. The average molecular weight is 944 g/mol. The first-order valence-corrected chi connectivity index (χ1v) is 26.5. The Morgan fingerprint density at radius 3 is 2.22 bits per heavy atom. The predicted octanol–water partition coefficient (Wildman–Crippen LogP) is 16.2. The standard InChI is InChI=1S/C67H49N3OS/c1-2-17-46(18-3-1)70-61-26-11-8-21-50(61)56-37-44(31-34-62(56)70)59-24-14-25-60(45-30-33-53-52-23-10-13-28-65(52)72-66(53)38-45)69-67(68-59)58-39-57-51-22-9-12-27-63(51)71-64(57)40-55(58)49-32-29-43-35-41-15-4-5-16-42(41)36-54(43)48-20-7-6-19-47(48)49/h1-13,15-23,26-28,31,33-40,45,49,59H,14,24-25,29-30,32H2. The molecule has 0 saturated carbocycles. The fourth-order valence-corrected chi connectivity index (χ4v) is 13.8. The van der Waals surface area contributed by atoms with Crippen molar-refractivity contribution in [3.05, 3.63) is 232 Å². The number of hydrogen-bond donors (Lipinski definition) is 0. The molecule has 3 unspecified atom stereocenters. The molecule has 344 valence electrons. The Labute approximate surface area is 421 Å². The lowest BCUT2D eigenvalue weighted by atomic mass is 9.82. The number of benzene rings is 9. The lowest BCUT2D eigenvalue weighted by Gasteiger charge is -2.25. The highest BCUT2D eigenvalue weighted by Gasteiger charge is 2.31. The van der Waals surface area contributed by atoms with Crippen molar-refractivity contribution >= 4 is 99.6 Å². The van der Waals surface area contributed by atoms with Crippen molar-refractivity contribution in [2.75, 3.05) is 0 Å². The molecule has 0 amide bonds. The fraction of sp³-hybridized carbons (Fsp3) is 0.134. The molecule has 0 spiro atoms. The van der Waals surface area contributed by atoms with Crippen molar-refractivity contribution in [2.45, 2.75) is 50.5 Å². The molecule has 0 bridgehead atoms. The molecule has 3 atom stereocenters. The van der Waals surface area contributed by atoms with E-state index in [1.807, 2.05) is 11.3 Å². The quantitative estimate of drug-likeness (QED) is 0.170. The Hall–Kier alpha value is -8.12. The molecule has 15 rings (SSSR count). The van der Waals surface area contributed by atoms with Crippen LogP contribution in [-0.2, 0) is 6.42 Å². The number of nitrogens with zero attached hydrogens (tertiary/aromatic N) is 3. The van der Waals surface area contributed by atoms with Crippen LogP contribution in [0.3, 0.4) is 0 Å². The van der Waals surface area contributed by atoms with E-state index in [1.165, 1.54) is 91.5 Å². The number of amidine groups is 1. The third-order valence-electron chi connectivity index (χ3n) is 16.0. The topological polar surface area (TPSA) is 42.8 Å². The molecular weight excluding hydrogens is 895 g/mol. The number of rotatable bonds is 5. The third kappa shape index (κ3) is 6.78. The van der Waals surface area contributed by atoms with Gasteiger partial charge in [0.15, 0.2) is 5.84 Å². The molecule has 0 N–H and O–H groups in total. The summed E-state index contributed by atoms with van der Waals surface area (Å²) in [5.74, 6) is 1.06. The van der Waals surface area contributed by atoms with Gasteiger partial charge >= 0.3 is 0 Å². The van der Waals surface area contributed by atoms with E-state index in [4.69, 9.17) is 14.4 Å². The third-order valence-corrected chi connectivity index (χ3v) is 17.2. The number of hydrogen-bond acceptors (Lipinski definition) is 4. The van der Waals surface area contributed by atoms with Gasteiger partial charge in [-0.05, 0) is 154 Å². The average Bonchev–Trinajstić information content (AvgIpc) is 4.06. The van der Waals surface area contributed by atoms with E-state index in [0.717, 1.165) is 77.5 Å². The number of fused-ring (bicyclic) bond motifs is 13. The molecule has 4 heterocycles. The molecule has 12 aromatic rings. The van der Waals surface area contributed by atoms with Crippen LogP contribution in [0.15, 0.2) is 209 Å². The number of aliphatic imine (C=N–C) groups is 2. The molecular formula is C67H49N3OS. The van der Waals surface area contributed by atoms with Crippen molar-refractivity contribution in [2.24, 2.45) is 15.9 Å². The van der Waals surface area contributed by atoms with Crippen LogP contribution in [0.1, 0.15) is 71.9 Å². The second-order valence-electron chi connectivity index (χ2n) is 20.1. The first kappa shape index (κ1) is 41.6. The summed E-state index contributed by atoms with van der Waals surface area (Å²) in [7, 11) is 0. The van der Waals surface area contributed by atoms with E-state index in [9.17, 15) is 0 Å². The van der Waals surface area contributed by atoms with Crippen LogP contribution in [-0.4, -0.2) is 16.1 Å². The minimum Gasteiger partial charge on any atom is -0.456 e. The van der Waals surface area contributed by atoms with Crippen LogP contribution in [0.25, 0.3) is 93.6 Å². The highest BCUT2D eigenvalue weighted by Crippen LogP contribution is 2.46. The Bertz CT molecular complexity index is 4380. The second kappa shape index (κ2) is 16.8. The van der Waals surface area contributed by atoms with Gasteiger partial charge in [0.25, 0.3) is 0 Å². The molecule has 1 aliphatic heterocycles. The normalized spacial score (nSPS) is 17.9. The lowest BCUT2D eigenvalue weighted by molar-refractivity contribution is 0.616. The Morgan fingerprint density at radius 1 is 0.542 bits per heavy atom. The van der Waals surface area contributed by atoms with Crippen LogP contribution in [0.4, 0.5) is 0 Å². The van der Waals surface area contributed by atoms with E-state index >= 15 is 0 Å². The van der Waals surface area contributed by atoms with E-state index in [0.29, 0.717) is 0 Å². The van der Waals surface area contributed by atoms with E-state index in [2.05, 4.69) is 211 Å². The van der Waals surface area contributed by atoms with E-state index < -0.39 is 0 Å². The molecule has 3 aromatic heterocycles. The number of furan rings is 1. The SMILES string of the molecule is C1=c2sc3ccccc3c2=CCC1C1=NC(c2cc3c(cc2C2CCc4cc5ccccc5cc4-c4ccccc42)oc2ccccc23)=NC(c2ccc3c(c2)c2ccccc2n3-c2ccccc2)CCC1. The second-order valence-corrected chi connectivity index (χ2v) is 21.2. The molecule has 5 heteroatoms. The molecule has 2 aliphatic carbocycles. The smallest absolute Gasteiger partial charge is 0.155 e.